The minimum atomic E-state index is -0.400. The Bertz CT molecular complexity index is 308. The van der Waals surface area contributed by atoms with Crippen LogP contribution in [0.15, 0.2) is 6.33 Å². The van der Waals surface area contributed by atoms with Gasteiger partial charge in [-0.3, -0.25) is 0 Å². The fourth-order valence-electron chi connectivity index (χ4n) is 1.13. The van der Waals surface area contributed by atoms with Gasteiger partial charge in [-0.2, -0.15) is 5.10 Å². The quantitative estimate of drug-likeness (QED) is 0.619. The summed E-state index contributed by atoms with van der Waals surface area (Å²) < 4.78 is 6.50. The number of amides is 1. The number of hydrogen-bond donors (Lipinski definition) is 1. The van der Waals surface area contributed by atoms with Crippen LogP contribution in [0.2, 0.25) is 0 Å². The van der Waals surface area contributed by atoms with Crippen LogP contribution in [0.1, 0.15) is 11.9 Å². The highest BCUT2D eigenvalue weighted by atomic mass is 16.6. The van der Waals surface area contributed by atoms with Gasteiger partial charge in [-0.15, -0.1) is 0 Å². The van der Waals surface area contributed by atoms with Crippen molar-refractivity contribution in [1.82, 2.24) is 20.1 Å². The van der Waals surface area contributed by atoms with Crippen LogP contribution in [-0.4, -0.2) is 27.4 Å². The van der Waals surface area contributed by atoms with E-state index >= 15 is 0 Å². The monoisotopic (exact) mass is 168 g/mol. The van der Waals surface area contributed by atoms with Crippen molar-refractivity contribution in [1.29, 1.82) is 0 Å². The summed E-state index contributed by atoms with van der Waals surface area (Å²) in [5.74, 6) is 0.661. The number of cyclic esters (lactones) is 1. The average molecular weight is 168 g/mol. The Balaban J connectivity index is 2.21. The number of rotatable bonds is 1. The van der Waals surface area contributed by atoms with E-state index in [2.05, 4.69) is 15.4 Å². The lowest BCUT2D eigenvalue weighted by Gasteiger charge is -2.04. The molecule has 1 N–H and O–H groups in total. The van der Waals surface area contributed by atoms with E-state index in [4.69, 9.17) is 4.74 Å². The zero-order valence-electron chi connectivity index (χ0n) is 6.52. The predicted octanol–water partition coefficient (Wildman–Crippen LogP) is -0.404. The highest BCUT2D eigenvalue weighted by Crippen LogP contribution is 2.16. The van der Waals surface area contributed by atoms with E-state index in [1.807, 2.05) is 0 Å². The van der Waals surface area contributed by atoms with Crippen LogP contribution >= 0.6 is 0 Å². The third kappa shape index (κ3) is 1.01. The Kier molecular flexibility index (Phi) is 1.46. The zero-order valence-corrected chi connectivity index (χ0v) is 6.52. The molecule has 0 unspecified atom stereocenters. The standard InChI is InChI=1S/C6H8N4O2/c1-10-5(8-3-9-10)4-2-7-6(11)12-4/h3-4H,2H2,1H3,(H,7,11)/t4-/m1/s1. The van der Waals surface area contributed by atoms with Gasteiger partial charge in [0.15, 0.2) is 11.9 Å². The van der Waals surface area contributed by atoms with Gasteiger partial charge in [0.1, 0.15) is 6.33 Å². The molecule has 1 aliphatic heterocycles. The van der Waals surface area contributed by atoms with Crippen molar-refractivity contribution in [3.05, 3.63) is 12.2 Å². The molecule has 1 aromatic rings. The molecule has 0 aliphatic carbocycles. The van der Waals surface area contributed by atoms with E-state index in [9.17, 15) is 4.79 Å². The predicted molar refractivity (Wildman–Crippen MR) is 38.2 cm³/mol. The first kappa shape index (κ1) is 7.08. The molecule has 1 aliphatic rings. The summed E-state index contributed by atoms with van der Waals surface area (Å²) in [6.07, 6.45) is 0.731. The van der Waals surface area contributed by atoms with Crippen molar-refractivity contribution in [2.24, 2.45) is 7.05 Å². The lowest BCUT2D eigenvalue weighted by Crippen LogP contribution is -2.13. The molecule has 6 nitrogen and oxygen atoms in total. The zero-order chi connectivity index (χ0) is 8.55. The van der Waals surface area contributed by atoms with Gasteiger partial charge < -0.3 is 10.1 Å². The molecule has 0 saturated carbocycles. The van der Waals surface area contributed by atoms with Gasteiger partial charge in [0, 0.05) is 7.05 Å². The first-order valence-electron chi connectivity index (χ1n) is 3.56. The Labute approximate surface area is 68.5 Å². The normalized spacial score (nSPS) is 22.1. The van der Waals surface area contributed by atoms with Gasteiger partial charge in [-0.1, -0.05) is 0 Å². The van der Waals surface area contributed by atoms with Crippen molar-refractivity contribution >= 4 is 6.09 Å². The summed E-state index contributed by atoms with van der Waals surface area (Å²) in [7, 11) is 1.76. The number of nitrogens with one attached hydrogen (secondary N) is 1. The summed E-state index contributed by atoms with van der Waals surface area (Å²) in [5, 5.41) is 6.42. The van der Waals surface area contributed by atoms with Crippen molar-refractivity contribution in [3.8, 4) is 0 Å². The van der Waals surface area contributed by atoms with E-state index in [1.165, 1.54) is 6.33 Å². The third-order valence-electron chi connectivity index (χ3n) is 1.72. The molecule has 1 amide bonds. The molecule has 1 aromatic heterocycles. The number of carbonyl (C=O) groups is 1. The second-order valence-corrected chi connectivity index (χ2v) is 2.52. The van der Waals surface area contributed by atoms with Crippen LogP contribution in [0.3, 0.4) is 0 Å². The molecule has 1 saturated heterocycles. The number of aromatic nitrogens is 3. The lowest BCUT2D eigenvalue weighted by molar-refractivity contribution is 0.135. The summed E-state index contributed by atoms with van der Waals surface area (Å²) in [4.78, 5) is 14.6. The second kappa shape index (κ2) is 2.47. The third-order valence-corrected chi connectivity index (χ3v) is 1.72. The maximum atomic E-state index is 10.7. The molecule has 1 fully saturated rings. The number of ether oxygens (including phenoxy) is 1. The Morgan fingerprint density at radius 2 is 2.67 bits per heavy atom. The average Bonchev–Trinajstić information content (AvgIpc) is 2.58. The molecule has 0 aromatic carbocycles. The topological polar surface area (TPSA) is 69.0 Å². The van der Waals surface area contributed by atoms with Crippen molar-refractivity contribution < 1.29 is 9.53 Å². The van der Waals surface area contributed by atoms with E-state index in [1.54, 1.807) is 11.7 Å². The van der Waals surface area contributed by atoms with Crippen LogP contribution in [0.25, 0.3) is 0 Å². The maximum Gasteiger partial charge on any atom is 0.408 e. The van der Waals surface area contributed by atoms with Gasteiger partial charge in [-0.25, -0.2) is 14.5 Å². The Morgan fingerprint density at radius 3 is 3.17 bits per heavy atom. The Morgan fingerprint density at radius 1 is 1.83 bits per heavy atom. The van der Waals surface area contributed by atoms with Crippen LogP contribution in [0.4, 0.5) is 4.79 Å². The molecule has 0 radical (unpaired) electrons. The van der Waals surface area contributed by atoms with Crippen molar-refractivity contribution in [3.63, 3.8) is 0 Å². The van der Waals surface area contributed by atoms with E-state index in [0.717, 1.165) is 0 Å². The van der Waals surface area contributed by atoms with Crippen LogP contribution < -0.4 is 5.32 Å². The molecule has 64 valence electrons. The summed E-state index contributed by atoms with van der Waals surface area (Å²) in [6.45, 7) is 0.464. The van der Waals surface area contributed by atoms with E-state index < -0.39 is 6.09 Å². The molecular weight excluding hydrogens is 160 g/mol. The fraction of sp³-hybridized carbons (Fsp3) is 0.500. The van der Waals surface area contributed by atoms with Gasteiger partial charge >= 0.3 is 6.09 Å². The molecule has 2 rings (SSSR count). The molecular formula is C6H8N4O2. The first-order chi connectivity index (χ1) is 5.77. The van der Waals surface area contributed by atoms with Crippen molar-refractivity contribution in [2.75, 3.05) is 6.54 Å². The number of hydrogen-bond acceptors (Lipinski definition) is 4. The number of nitrogens with zero attached hydrogens (tertiary/aromatic N) is 3. The van der Waals surface area contributed by atoms with Gasteiger partial charge in [0.05, 0.1) is 6.54 Å². The fourth-order valence-corrected chi connectivity index (χ4v) is 1.13. The SMILES string of the molecule is Cn1ncnc1[C@H]1CNC(=O)O1. The highest BCUT2D eigenvalue weighted by Gasteiger charge is 2.27. The van der Waals surface area contributed by atoms with Gasteiger partial charge in [0.2, 0.25) is 0 Å². The van der Waals surface area contributed by atoms with Gasteiger partial charge in [0.25, 0.3) is 0 Å². The molecule has 1 atom stereocenters. The molecule has 6 heteroatoms. The van der Waals surface area contributed by atoms with Crippen LogP contribution in [-0.2, 0) is 11.8 Å². The highest BCUT2D eigenvalue weighted by molar-refractivity contribution is 5.69. The van der Waals surface area contributed by atoms with Crippen LogP contribution in [0, 0.1) is 0 Å². The molecule has 12 heavy (non-hydrogen) atoms. The summed E-state index contributed by atoms with van der Waals surface area (Å²) >= 11 is 0. The number of carbonyl (C=O) groups excluding carboxylic acids is 1. The second-order valence-electron chi connectivity index (χ2n) is 2.52. The van der Waals surface area contributed by atoms with E-state index in [-0.39, 0.29) is 6.10 Å². The van der Waals surface area contributed by atoms with Gasteiger partial charge in [-0.05, 0) is 0 Å². The van der Waals surface area contributed by atoms with Crippen LogP contribution in [0.5, 0.6) is 0 Å². The maximum absolute atomic E-state index is 10.7. The molecule has 0 spiro atoms. The van der Waals surface area contributed by atoms with Crippen molar-refractivity contribution in [2.45, 2.75) is 6.10 Å². The largest absolute Gasteiger partial charge is 0.436 e. The number of alkyl carbamates (subject to hydrolysis) is 1. The summed E-state index contributed by atoms with van der Waals surface area (Å²) in [6, 6.07) is 0. The molecule has 2 heterocycles. The summed E-state index contributed by atoms with van der Waals surface area (Å²) in [5.41, 5.74) is 0. The number of aryl methyl sites for hydroxylation is 1. The lowest BCUT2D eigenvalue weighted by atomic mass is 10.3. The smallest absolute Gasteiger partial charge is 0.408 e. The Hall–Kier alpha value is -1.59. The minimum Gasteiger partial charge on any atom is -0.436 e. The first-order valence-corrected chi connectivity index (χ1v) is 3.56. The van der Waals surface area contributed by atoms with E-state index in [0.29, 0.717) is 12.4 Å². The molecule has 0 bridgehead atoms. The minimum absolute atomic E-state index is 0.301.